The Bertz CT molecular complexity index is 1270. The van der Waals surface area contributed by atoms with E-state index in [2.05, 4.69) is 0 Å². The lowest BCUT2D eigenvalue weighted by atomic mass is 9.94. The molecule has 0 aliphatic carbocycles. The highest BCUT2D eigenvalue weighted by atomic mass is 32.2. The second-order valence-corrected chi connectivity index (χ2v) is 10.8. The monoisotopic (exact) mass is 481 g/mol. The van der Waals surface area contributed by atoms with Crippen molar-refractivity contribution in [2.45, 2.75) is 43.7 Å². The third kappa shape index (κ3) is 5.58. The first-order valence-electron chi connectivity index (χ1n) is 11.0. The molecule has 1 aliphatic rings. The van der Waals surface area contributed by atoms with Crippen molar-refractivity contribution in [3.8, 4) is 17.2 Å². The predicted octanol–water partition coefficient (Wildman–Crippen LogP) is 4.86. The van der Waals surface area contributed by atoms with Crippen molar-refractivity contribution in [3.63, 3.8) is 0 Å². The van der Waals surface area contributed by atoms with E-state index in [1.54, 1.807) is 36.4 Å². The van der Waals surface area contributed by atoms with Crippen LogP contribution in [0.2, 0.25) is 0 Å². The number of nitrogens with zero attached hydrogens (tertiary/aromatic N) is 1. The number of carbonyl (C=O) groups is 1. The van der Waals surface area contributed by atoms with Crippen LogP contribution in [0.5, 0.6) is 17.2 Å². The second kappa shape index (κ2) is 9.48. The number of sulfonamides is 1. The molecule has 3 aromatic carbocycles. The van der Waals surface area contributed by atoms with E-state index < -0.39 is 22.5 Å². The standard InChI is InChI=1S/C26H27NO6S/c1-26(2)15-14-20-16-23(12-13-24(20)33-26)34(30,31)27(18-25(28)29)17-19-8-10-22(11-9-19)32-21-6-4-3-5-7-21/h3-13,16H,14-15,17-18H2,1-2H3,(H,28,29). The van der Waals surface area contributed by atoms with Crippen molar-refractivity contribution in [3.05, 3.63) is 83.9 Å². The Kier molecular flexibility index (Phi) is 6.63. The number of hydrogen-bond donors (Lipinski definition) is 1. The van der Waals surface area contributed by atoms with Crippen LogP contribution in [0, 0.1) is 0 Å². The van der Waals surface area contributed by atoms with E-state index in [0.29, 0.717) is 29.2 Å². The molecule has 1 heterocycles. The van der Waals surface area contributed by atoms with Gasteiger partial charge in [0.1, 0.15) is 29.4 Å². The third-order valence-electron chi connectivity index (χ3n) is 5.63. The second-order valence-electron chi connectivity index (χ2n) is 8.86. The van der Waals surface area contributed by atoms with Crippen molar-refractivity contribution in [1.29, 1.82) is 0 Å². The van der Waals surface area contributed by atoms with Crippen molar-refractivity contribution < 1.29 is 27.8 Å². The maximum atomic E-state index is 13.4. The molecular weight excluding hydrogens is 454 g/mol. The molecule has 178 valence electrons. The molecule has 1 N–H and O–H groups in total. The molecule has 4 rings (SSSR count). The maximum absolute atomic E-state index is 13.4. The molecule has 0 saturated heterocycles. The lowest BCUT2D eigenvalue weighted by Crippen LogP contribution is -2.35. The van der Waals surface area contributed by atoms with Gasteiger partial charge in [-0.1, -0.05) is 30.3 Å². The summed E-state index contributed by atoms with van der Waals surface area (Å²) in [6, 6.07) is 20.9. The van der Waals surface area contributed by atoms with Gasteiger partial charge in [-0.05, 0) is 80.3 Å². The van der Waals surface area contributed by atoms with Gasteiger partial charge in [-0.15, -0.1) is 0 Å². The molecule has 0 fully saturated rings. The average Bonchev–Trinajstić information content (AvgIpc) is 2.79. The number of aryl methyl sites for hydroxylation is 1. The van der Waals surface area contributed by atoms with E-state index in [1.807, 2.05) is 44.2 Å². The predicted molar refractivity (Wildman–Crippen MR) is 128 cm³/mol. The zero-order chi connectivity index (χ0) is 24.3. The smallest absolute Gasteiger partial charge is 0.318 e. The van der Waals surface area contributed by atoms with E-state index in [9.17, 15) is 18.3 Å². The van der Waals surface area contributed by atoms with Crippen LogP contribution in [0.4, 0.5) is 0 Å². The summed E-state index contributed by atoms with van der Waals surface area (Å²) in [6.07, 6.45) is 1.45. The lowest BCUT2D eigenvalue weighted by molar-refractivity contribution is -0.137. The normalized spacial score (nSPS) is 14.8. The first-order chi connectivity index (χ1) is 16.1. The molecule has 7 nitrogen and oxygen atoms in total. The molecule has 8 heteroatoms. The number of ether oxygens (including phenoxy) is 2. The van der Waals surface area contributed by atoms with Gasteiger partial charge in [0.05, 0.1) is 4.90 Å². The SMILES string of the molecule is CC1(C)CCc2cc(S(=O)(=O)N(CC(=O)O)Cc3ccc(Oc4ccccc4)cc3)ccc2O1. The molecule has 0 aromatic heterocycles. The van der Waals surface area contributed by atoms with Crippen LogP contribution in [-0.2, 0) is 27.8 Å². The number of carboxylic acids is 1. The Balaban J connectivity index is 1.55. The van der Waals surface area contributed by atoms with E-state index >= 15 is 0 Å². The molecule has 0 saturated carbocycles. The minimum atomic E-state index is -4.05. The van der Waals surface area contributed by atoms with Crippen molar-refractivity contribution in [2.75, 3.05) is 6.54 Å². The first kappa shape index (κ1) is 23.8. The summed E-state index contributed by atoms with van der Waals surface area (Å²) in [4.78, 5) is 11.5. The van der Waals surface area contributed by atoms with Gasteiger partial charge >= 0.3 is 5.97 Å². The summed E-state index contributed by atoms with van der Waals surface area (Å²) in [7, 11) is -4.05. The number of hydrogen-bond acceptors (Lipinski definition) is 5. The molecule has 0 radical (unpaired) electrons. The average molecular weight is 482 g/mol. The number of para-hydroxylation sites is 1. The van der Waals surface area contributed by atoms with Gasteiger partial charge in [-0.3, -0.25) is 4.79 Å². The highest BCUT2D eigenvalue weighted by Crippen LogP contribution is 2.35. The molecular formula is C26H27NO6S. The third-order valence-corrected chi connectivity index (χ3v) is 7.41. The Hall–Kier alpha value is -3.36. The molecule has 0 atom stereocenters. The van der Waals surface area contributed by atoms with Crippen molar-refractivity contribution >= 4 is 16.0 Å². The van der Waals surface area contributed by atoms with Crippen LogP contribution in [0.25, 0.3) is 0 Å². The van der Waals surface area contributed by atoms with E-state index in [4.69, 9.17) is 9.47 Å². The molecule has 0 spiro atoms. The largest absolute Gasteiger partial charge is 0.488 e. The Labute approximate surface area is 199 Å². The van der Waals surface area contributed by atoms with Crippen LogP contribution < -0.4 is 9.47 Å². The number of carboxylic acid groups (broad SMARTS) is 1. The Morgan fingerprint density at radius 1 is 1.03 bits per heavy atom. The van der Waals surface area contributed by atoms with Crippen molar-refractivity contribution in [1.82, 2.24) is 4.31 Å². The molecule has 34 heavy (non-hydrogen) atoms. The quantitative estimate of drug-likeness (QED) is 0.494. The molecule has 0 unspecified atom stereocenters. The van der Waals surface area contributed by atoms with E-state index in [-0.39, 0.29) is 17.0 Å². The van der Waals surface area contributed by atoms with Gasteiger partial charge < -0.3 is 14.6 Å². The summed E-state index contributed by atoms with van der Waals surface area (Å²) in [6.45, 7) is 3.25. The highest BCUT2D eigenvalue weighted by Gasteiger charge is 2.31. The minimum absolute atomic E-state index is 0.0554. The van der Waals surface area contributed by atoms with Gasteiger partial charge in [-0.2, -0.15) is 4.31 Å². The topological polar surface area (TPSA) is 93.1 Å². The zero-order valence-corrected chi connectivity index (χ0v) is 19.9. The van der Waals surface area contributed by atoms with Crippen LogP contribution >= 0.6 is 0 Å². The van der Waals surface area contributed by atoms with Gasteiger partial charge in [0.15, 0.2) is 0 Å². The summed E-state index contributed by atoms with van der Waals surface area (Å²) < 4.78 is 39.5. The van der Waals surface area contributed by atoms with Gasteiger partial charge in [-0.25, -0.2) is 8.42 Å². The lowest BCUT2D eigenvalue weighted by Gasteiger charge is -2.33. The maximum Gasteiger partial charge on any atom is 0.318 e. The van der Waals surface area contributed by atoms with Gasteiger partial charge in [0.25, 0.3) is 0 Å². The summed E-state index contributed by atoms with van der Waals surface area (Å²) in [5, 5.41) is 9.38. The van der Waals surface area contributed by atoms with Gasteiger partial charge in [0, 0.05) is 6.54 Å². The van der Waals surface area contributed by atoms with Gasteiger partial charge in [0.2, 0.25) is 10.0 Å². The van der Waals surface area contributed by atoms with Crippen LogP contribution in [0.3, 0.4) is 0 Å². The molecule has 0 amide bonds. The van der Waals surface area contributed by atoms with Crippen LogP contribution in [0.1, 0.15) is 31.4 Å². The number of rotatable bonds is 8. The Morgan fingerprint density at radius 2 is 1.71 bits per heavy atom. The molecule has 0 bridgehead atoms. The molecule has 1 aliphatic heterocycles. The zero-order valence-electron chi connectivity index (χ0n) is 19.1. The van der Waals surface area contributed by atoms with Crippen LogP contribution in [-0.4, -0.2) is 35.9 Å². The fraction of sp³-hybridized carbons (Fsp3) is 0.269. The summed E-state index contributed by atoms with van der Waals surface area (Å²) in [5.41, 5.74) is 1.14. The molecule has 3 aromatic rings. The first-order valence-corrected chi connectivity index (χ1v) is 12.4. The van der Waals surface area contributed by atoms with E-state index in [1.165, 1.54) is 6.07 Å². The fourth-order valence-electron chi connectivity index (χ4n) is 3.81. The van der Waals surface area contributed by atoms with Crippen LogP contribution in [0.15, 0.2) is 77.7 Å². The number of fused-ring (bicyclic) bond motifs is 1. The minimum Gasteiger partial charge on any atom is -0.488 e. The van der Waals surface area contributed by atoms with Crippen molar-refractivity contribution in [2.24, 2.45) is 0 Å². The fourth-order valence-corrected chi connectivity index (χ4v) is 5.24. The van der Waals surface area contributed by atoms with E-state index in [0.717, 1.165) is 16.3 Å². The Morgan fingerprint density at radius 3 is 2.38 bits per heavy atom. The summed E-state index contributed by atoms with van der Waals surface area (Å²) in [5.74, 6) is 0.718. The highest BCUT2D eigenvalue weighted by molar-refractivity contribution is 7.89. The number of aliphatic carboxylic acids is 1. The number of benzene rings is 3. The summed E-state index contributed by atoms with van der Waals surface area (Å²) >= 11 is 0.